The number of hydrogen-bond donors (Lipinski definition) is 1. The molecule has 340 valence electrons. The summed E-state index contributed by atoms with van der Waals surface area (Å²) in [4.78, 5) is 69.5. The first kappa shape index (κ1) is 48.1. The van der Waals surface area contributed by atoms with Crippen LogP contribution < -0.4 is 4.74 Å². The average molecular weight is 856 g/mol. The zero-order valence-electron chi connectivity index (χ0n) is 38.4. The van der Waals surface area contributed by atoms with Gasteiger partial charge in [0.05, 0.1) is 43.0 Å². The van der Waals surface area contributed by atoms with E-state index in [1.807, 2.05) is 52.8 Å². The Labute approximate surface area is 360 Å². The SMILES string of the molecule is CC[C@H]1OC(=O)[C@H](C)C(=O)[C@H](C)[C@@H](OC2O[C@H](C)C[C@H](N(C)C)[C@H]2O)[C@@](C)(OC)C[C@@H](C)C(=O)[C@H](C)[C@H]2N(CCCCn3cnc(-c4ccc(OC)nc4)c3C)C(=O)O[C@]12C. The van der Waals surface area contributed by atoms with Gasteiger partial charge in [-0.15, -0.1) is 0 Å². The minimum absolute atomic E-state index is 0.123. The molecule has 3 fully saturated rings. The van der Waals surface area contributed by atoms with Crippen LogP contribution in [0.5, 0.6) is 5.88 Å². The van der Waals surface area contributed by atoms with Crippen molar-refractivity contribution in [1.82, 2.24) is 24.3 Å². The molecule has 2 aromatic rings. The summed E-state index contributed by atoms with van der Waals surface area (Å²) in [6, 6.07) is 2.62. The summed E-state index contributed by atoms with van der Waals surface area (Å²) < 4.78 is 38.5. The van der Waals surface area contributed by atoms with E-state index in [9.17, 15) is 24.3 Å². The lowest BCUT2D eigenvalue weighted by molar-refractivity contribution is -0.295. The molecule has 3 saturated heterocycles. The third kappa shape index (κ3) is 9.83. The number of aliphatic hydroxyl groups excluding tert-OH is 1. The average Bonchev–Trinajstić information content (AvgIpc) is 3.73. The molecule has 1 N–H and O–H groups in total. The van der Waals surface area contributed by atoms with Crippen molar-refractivity contribution in [2.45, 2.75) is 155 Å². The number of cyclic esters (lactones) is 1. The van der Waals surface area contributed by atoms with E-state index in [1.54, 1.807) is 58.3 Å². The zero-order chi connectivity index (χ0) is 45.1. The van der Waals surface area contributed by atoms with Gasteiger partial charge in [-0.25, -0.2) is 14.8 Å². The molecule has 0 spiro atoms. The zero-order valence-corrected chi connectivity index (χ0v) is 38.4. The van der Waals surface area contributed by atoms with Crippen LogP contribution in [0.15, 0.2) is 24.7 Å². The van der Waals surface area contributed by atoms with Crippen molar-refractivity contribution in [2.75, 3.05) is 34.9 Å². The summed E-state index contributed by atoms with van der Waals surface area (Å²) in [5.41, 5.74) is -0.0333. The molecule has 5 heterocycles. The highest BCUT2D eigenvalue weighted by atomic mass is 16.7. The van der Waals surface area contributed by atoms with Crippen LogP contribution in [-0.2, 0) is 44.6 Å². The number of likely N-dealkylation sites (N-methyl/N-ethyl adjacent to an activating group) is 1. The number of imidazole rings is 1. The van der Waals surface area contributed by atoms with Crippen molar-refractivity contribution < 1.29 is 52.7 Å². The maximum Gasteiger partial charge on any atom is 0.410 e. The maximum absolute atomic E-state index is 14.8. The predicted octanol–water partition coefficient (Wildman–Crippen LogP) is 5.25. The Balaban J connectivity index is 1.43. The highest BCUT2D eigenvalue weighted by Crippen LogP contribution is 2.43. The Morgan fingerprint density at radius 3 is 2.26 bits per heavy atom. The Morgan fingerprint density at radius 2 is 1.66 bits per heavy atom. The molecular weight excluding hydrogens is 787 g/mol. The number of ketones is 2. The van der Waals surface area contributed by atoms with Gasteiger partial charge >= 0.3 is 12.1 Å². The molecule has 0 aliphatic carbocycles. The molecule has 13 atom stereocenters. The van der Waals surface area contributed by atoms with Crippen LogP contribution in [0.3, 0.4) is 0 Å². The lowest BCUT2D eigenvalue weighted by Crippen LogP contribution is -2.60. The van der Waals surface area contributed by atoms with Gasteiger partial charge in [-0.2, -0.15) is 0 Å². The quantitative estimate of drug-likeness (QED) is 0.166. The Hall–Kier alpha value is -3.96. The van der Waals surface area contributed by atoms with Gasteiger partial charge in [-0.3, -0.25) is 14.4 Å². The minimum Gasteiger partial charge on any atom is -0.481 e. The van der Waals surface area contributed by atoms with Crippen LogP contribution >= 0.6 is 0 Å². The number of carbonyl (C=O) groups excluding carboxylic acids is 4. The largest absolute Gasteiger partial charge is 0.481 e. The number of hydrogen-bond acceptors (Lipinski definition) is 14. The number of esters is 1. The number of aryl methyl sites for hydroxylation is 1. The first-order chi connectivity index (χ1) is 28.7. The van der Waals surface area contributed by atoms with Gasteiger partial charge in [0, 0.05) is 67.5 Å². The van der Waals surface area contributed by atoms with Crippen molar-refractivity contribution in [1.29, 1.82) is 0 Å². The maximum atomic E-state index is 14.8. The van der Waals surface area contributed by atoms with Gasteiger partial charge in [-0.05, 0) is 86.9 Å². The number of carbonyl (C=O) groups is 4. The molecule has 3 aliphatic rings. The molecule has 0 aromatic carbocycles. The number of amides is 1. The number of ether oxygens (including phenoxy) is 6. The number of rotatable bonds is 12. The molecular formula is C45H69N5O11. The van der Waals surface area contributed by atoms with Crippen LogP contribution in [0.25, 0.3) is 11.3 Å². The second-order valence-corrected chi connectivity index (χ2v) is 18.0. The molecule has 1 amide bonds. The normalized spacial score (nSPS) is 35.5. The van der Waals surface area contributed by atoms with E-state index >= 15 is 0 Å². The lowest BCUT2D eigenvalue weighted by atomic mass is 9.73. The summed E-state index contributed by atoms with van der Waals surface area (Å²) in [5, 5.41) is 11.5. The highest BCUT2D eigenvalue weighted by molar-refractivity contribution is 6.00. The summed E-state index contributed by atoms with van der Waals surface area (Å²) in [7, 11) is 6.81. The molecule has 2 aromatic heterocycles. The van der Waals surface area contributed by atoms with E-state index < -0.39 is 83.4 Å². The van der Waals surface area contributed by atoms with Crippen molar-refractivity contribution >= 4 is 23.6 Å². The first-order valence-corrected chi connectivity index (χ1v) is 21.7. The molecule has 0 radical (unpaired) electrons. The first-order valence-electron chi connectivity index (χ1n) is 21.7. The number of unbranched alkanes of at least 4 members (excludes halogenated alkanes) is 1. The monoisotopic (exact) mass is 855 g/mol. The van der Waals surface area contributed by atoms with E-state index in [0.29, 0.717) is 31.7 Å². The lowest BCUT2D eigenvalue weighted by Gasteiger charge is -2.47. The van der Waals surface area contributed by atoms with Gasteiger partial charge < -0.3 is 47.9 Å². The van der Waals surface area contributed by atoms with E-state index in [0.717, 1.165) is 17.0 Å². The topological polar surface area (TPSA) is 181 Å². The molecule has 0 bridgehead atoms. The number of aromatic nitrogens is 3. The van der Waals surface area contributed by atoms with Crippen LogP contribution in [0.4, 0.5) is 4.79 Å². The van der Waals surface area contributed by atoms with Crippen molar-refractivity contribution in [3.63, 3.8) is 0 Å². The summed E-state index contributed by atoms with van der Waals surface area (Å²) in [5.74, 6) is -4.49. The molecule has 16 nitrogen and oxygen atoms in total. The van der Waals surface area contributed by atoms with Gasteiger partial charge in [0.1, 0.15) is 23.9 Å². The van der Waals surface area contributed by atoms with Crippen LogP contribution in [-0.4, -0.2) is 142 Å². The summed E-state index contributed by atoms with van der Waals surface area (Å²) in [6.07, 6.45) is 0.668. The second kappa shape index (κ2) is 19.6. The molecule has 61 heavy (non-hydrogen) atoms. The fourth-order valence-electron chi connectivity index (χ4n) is 9.87. The number of pyridine rings is 1. The summed E-state index contributed by atoms with van der Waals surface area (Å²) >= 11 is 0. The number of fused-ring (bicyclic) bond motifs is 1. The standard InChI is InChI=1S/C45H69N5O11/c1-14-33-45(9)39(50(43(55)61-45)20-16-15-19-49-24-47-35(30(49)7)31-17-18-34(56-12)46-23-31)27(4)36(51)25(2)22-44(8,57-13)40(28(5)37(52)29(6)41(54)59-33)60-42-38(53)32(48(10)11)21-26(3)58-42/h17-18,23-29,32-33,38-40,42,53H,14-16,19-22H2,1-13H3/t25-,26-,27+,28+,29-,32+,33-,38-,39-,40-,42?,44+,45-/m1/s1. The van der Waals surface area contributed by atoms with Gasteiger partial charge in [0.15, 0.2) is 17.7 Å². The third-order valence-corrected chi connectivity index (χ3v) is 13.5. The van der Waals surface area contributed by atoms with Crippen molar-refractivity contribution in [3.05, 3.63) is 30.4 Å². The molecule has 3 aliphatic heterocycles. The van der Waals surface area contributed by atoms with E-state index in [-0.39, 0.29) is 37.3 Å². The van der Waals surface area contributed by atoms with Gasteiger partial charge in [-0.1, -0.05) is 27.7 Å². The molecule has 0 saturated carbocycles. The Morgan fingerprint density at radius 1 is 0.967 bits per heavy atom. The Kier molecular flexibility index (Phi) is 15.5. The van der Waals surface area contributed by atoms with Crippen molar-refractivity contribution in [2.24, 2.45) is 23.7 Å². The van der Waals surface area contributed by atoms with Crippen LogP contribution in [0.2, 0.25) is 0 Å². The summed E-state index contributed by atoms with van der Waals surface area (Å²) in [6.45, 7) is 16.9. The van der Waals surface area contributed by atoms with E-state index in [2.05, 4.69) is 14.5 Å². The Bertz CT molecular complexity index is 1860. The fourth-order valence-corrected chi connectivity index (χ4v) is 9.87. The number of nitrogens with zero attached hydrogens (tertiary/aromatic N) is 5. The smallest absolute Gasteiger partial charge is 0.410 e. The number of methoxy groups -OCH3 is 2. The second-order valence-electron chi connectivity index (χ2n) is 18.0. The predicted molar refractivity (Wildman–Crippen MR) is 226 cm³/mol. The number of Topliss-reactive ketones (excluding diaryl/α,β-unsaturated/α-hetero) is 2. The van der Waals surface area contributed by atoms with Crippen LogP contribution in [0.1, 0.15) is 93.2 Å². The van der Waals surface area contributed by atoms with E-state index in [4.69, 9.17) is 28.4 Å². The molecule has 16 heteroatoms. The molecule has 1 unspecified atom stereocenters. The van der Waals surface area contributed by atoms with Crippen molar-refractivity contribution in [3.8, 4) is 17.1 Å². The number of aliphatic hydroxyl groups is 1. The third-order valence-electron chi connectivity index (χ3n) is 13.5. The van der Waals surface area contributed by atoms with Gasteiger partial charge in [0.2, 0.25) is 5.88 Å². The minimum atomic E-state index is -1.42. The van der Waals surface area contributed by atoms with Gasteiger partial charge in [0.25, 0.3) is 0 Å². The fraction of sp³-hybridized carbons (Fsp3) is 0.733. The van der Waals surface area contributed by atoms with Crippen LogP contribution in [0, 0.1) is 30.6 Å². The molecule has 5 rings (SSSR count). The van der Waals surface area contributed by atoms with E-state index in [1.165, 1.54) is 14.0 Å². The highest BCUT2D eigenvalue weighted by Gasteiger charge is 2.60.